The number of carbonyl (C=O) groups is 3. The van der Waals surface area contributed by atoms with Gasteiger partial charge >= 0.3 is 0 Å². The number of carbonyl (C=O) groups excluding carboxylic acids is 3. The number of hydrogen-bond donors (Lipinski definition) is 1. The van der Waals surface area contributed by atoms with Crippen LogP contribution < -0.4 is 15.5 Å². The standard InChI is InChI=1S/C24H23N3O3S/c1-15-9-10-19-20(12-15)27(14-21(28)17-7-4-3-6-16(17)2)23(29)18(25)13-26(19)24(30)22-8-5-11-31-22/h3-12,18H,13-14,25H2,1-2H3. The van der Waals surface area contributed by atoms with E-state index in [9.17, 15) is 14.4 Å². The minimum Gasteiger partial charge on any atom is -0.318 e. The van der Waals surface area contributed by atoms with Crippen molar-refractivity contribution in [2.24, 2.45) is 5.73 Å². The van der Waals surface area contributed by atoms with Crippen molar-refractivity contribution in [2.45, 2.75) is 19.9 Å². The fraction of sp³-hybridized carbons (Fsp3) is 0.208. The number of nitrogens with zero attached hydrogens (tertiary/aromatic N) is 2. The number of amides is 2. The Labute approximate surface area is 184 Å². The molecule has 2 aromatic carbocycles. The number of rotatable bonds is 4. The molecule has 1 aromatic heterocycles. The molecule has 2 heterocycles. The monoisotopic (exact) mass is 433 g/mol. The van der Waals surface area contributed by atoms with Crippen LogP contribution in [-0.4, -0.2) is 36.7 Å². The molecule has 1 aliphatic heterocycles. The molecule has 0 aliphatic carbocycles. The average molecular weight is 434 g/mol. The normalized spacial score (nSPS) is 16.1. The summed E-state index contributed by atoms with van der Waals surface area (Å²) in [5.41, 5.74) is 9.63. The van der Waals surface area contributed by atoms with Crippen molar-refractivity contribution >= 4 is 40.3 Å². The van der Waals surface area contributed by atoms with Crippen molar-refractivity contribution in [3.63, 3.8) is 0 Å². The third kappa shape index (κ3) is 4.02. The number of anilines is 2. The second kappa shape index (κ2) is 8.45. The summed E-state index contributed by atoms with van der Waals surface area (Å²) < 4.78 is 0. The molecule has 0 saturated carbocycles. The molecule has 1 aliphatic rings. The van der Waals surface area contributed by atoms with E-state index in [0.29, 0.717) is 21.8 Å². The molecule has 2 N–H and O–H groups in total. The fourth-order valence-corrected chi connectivity index (χ4v) is 4.45. The molecule has 0 saturated heterocycles. The number of ketones is 1. The van der Waals surface area contributed by atoms with Crippen LogP contribution in [-0.2, 0) is 4.79 Å². The number of hydrogen-bond acceptors (Lipinski definition) is 5. The molecular formula is C24H23N3O3S. The molecule has 158 valence electrons. The topological polar surface area (TPSA) is 83.7 Å². The van der Waals surface area contributed by atoms with Gasteiger partial charge in [-0.3, -0.25) is 14.4 Å². The molecule has 2 amide bonds. The highest BCUT2D eigenvalue weighted by atomic mass is 32.1. The van der Waals surface area contributed by atoms with E-state index in [1.807, 2.05) is 55.6 Å². The van der Waals surface area contributed by atoms with Gasteiger partial charge in [-0.25, -0.2) is 0 Å². The van der Waals surface area contributed by atoms with E-state index in [-0.39, 0.29) is 30.7 Å². The van der Waals surface area contributed by atoms with Crippen LogP contribution in [0.3, 0.4) is 0 Å². The molecule has 1 unspecified atom stereocenters. The van der Waals surface area contributed by atoms with Gasteiger partial charge in [-0.05, 0) is 48.6 Å². The van der Waals surface area contributed by atoms with Crippen LogP contribution in [0.4, 0.5) is 11.4 Å². The van der Waals surface area contributed by atoms with E-state index in [4.69, 9.17) is 5.73 Å². The molecule has 1 atom stereocenters. The molecular weight excluding hydrogens is 410 g/mol. The molecule has 31 heavy (non-hydrogen) atoms. The number of fused-ring (bicyclic) bond motifs is 1. The third-order valence-corrected chi connectivity index (χ3v) is 6.26. The molecule has 0 spiro atoms. The fourth-order valence-electron chi connectivity index (χ4n) is 3.77. The predicted molar refractivity (Wildman–Crippen MR) is 123 cm³/mol. The maximum atomic E-state index is 13.2. The van der Waals surface area contributed by atoms with Gasteiger partial charge < -0.3 is 15.5 Å². The zero-order valence-corrected chi connectivity index (χ0v) is 18.2. The van der Waals surface area contributed by atoms with Crippen LogP contribution >= 0.6 is 11.3 Å². The number of nitrogens with two attached hydrogens (primary N) is 1. The van der Waals surface area contributed by atoms with Crippen LogP contribution in [0, 0.1) is 13.8 Å². The van der Waals surface area contributed by atoms with Gasteiger partial charge in [-0.15, -0.1) is 11.3 Å². The maximum Gasteiger partial charge on any atom is 0.268 e. The van der Waals surface area contributed by atoms with Gasteiger partial charge in [0.2, 0.25) is 5.91 Å². The van der Waals surface area contributed by atoms with E-state index in [2.05, 4.69) is 0 Å². The molecule has 0 bridgehead atoms. The summed E-state index contributed by atoms with van der Waals surface area (Å²) in [4.78, 5) is 43.0. The van der Waals surface area contributed by atoms with Crippen molar-refractivity contribution in [1.82, 2.24) is 0 Å². The zero-order valence-electron chi connectivity index (χ0n) is 17.4. The Hall–Kier alpha value is -3.29. The van der Waals surface area contributed by atoms with Crippen molar-refractivity contribution in [3.8, 4) is 0 Å². The summed E-state index contributed by atoms with van der Waals surface area (Å²) in [7, 11) is 0. The van der Waals surface area contributed by atoms with E-state index in [0.717, 1.165) is 11.1 Å². The lowest BCUT2D eigenvalue weighted by atomic mass is 10.0. The number of Topliss-reactive ketones (excluding diaryl/α,β-unsaturated/α-hetero) is 1. The summed E-state index contributed by atoms with van der Waals surface area (Å²) >= 11 is 1.34. The highest BCUT2D eigenvalue weighted by Crippen LogP contribution is 2.35. The van der Waals surface area contributed by atoms with Gasteiger partial charge in [0, 0.05) is 5.56 Å². The first kappa shape index (κ1) is 21.0. The Morgan fingerprint density at radius 1 is 1.06 bits per heavy atom. The van der Waals surface area contributed by atoms with Gasteiger partial charge in [-0.2, -0.15) is 0 Å². The van der Waals surface area contributed by atoms with Gasteiger partial charge in [-0.1, -0.05) is 36.4 Å². The van der Waals surface area contributed by atoms with Crippen LogP contribution in [0.15, 0.2) is 60.0 Å². The Balaban J connectivity index is 1.77. The number of aryl methyl sites for hydroxylation is 2. The SMILES string of the molecule is Cc1ccc2c(c1)N(CC(=O)c1ccccc1C)C(=O)C(N)CN2C(=O)c1cccs1. The van der Waals surface area contributed by atoms with Crippen LogP contribution in [0.5, 0.6) is 0 Å². The number of benzene rings is 2. The van der Waals surface area contributed by atoms with Crippen LogP contribution in [0.2, 0.25) is 0 Å². The molecule has 4 rings (SSSR count). The highest BCUT2D eigenvalue weighted by Gasteiger charge is 2.36. The smallest absolute Gasteiger partial charge is 0.268 e. The third-order valence-electron chi connectivity index (χ3n) is 5.40. The van der Waals surface area contributed by atoms with Crippen LogP contribution in [0.25, 0.3) is 0 Å². The Morgan fingerprint density at radius 2 is 1.84 bits per heavy atom. The first-order chi connectivity index (χ1) is 14.9. The average Bonchev–Trinajstić information content (AvgIpc) is 3.27. The van der Waals surface area contributed by atoms with Crippen LogP contribution in [0.1, 0.15) is 31.2 Å². The summed E-state index contributed by atoms with van der Waals surface area (Å²) in [5, 5.41) is 1.83. The predicted octanol–water partition coefficient (Wildman–Crippen LogP) is 3.57. The van der Waals surface area contributed by atoms with Crippen molar-refractivity contribution in [1.29, 1.82) is 0 Å². The Kier molecular flexibility index (Phi) is 5.71. The second-order valence-corrected chi connectivity index (χ2v) is 8.60. The zero-order chi connectivity index (χ0) is 22.1. The lowest BCUT2D eigenvalue weighted by molar-refractivity contribution is -0.119. The van der Waals surface area contributed by atoms with Gasteiger partial charge in [0.05, 0.1) is 29.3 Å². The first-order valence-corrected chi connectivity index (χ1v) is 10.9. The van der Waals surface area contributed by atoms with E-state index in [1.54, 1.807) is 23.1 Å². The maximum absolute atomic E-state index is 13.2. The minimum absolute atomic E-state index is 0.0423. The molecule has 3 aromatic rings. The van der Waals surface area contributed by atoms with Gasteiger partial charge in [0.25, 0.3) is 5.91 Å². The van der Waals surface area contributed by atoms with E-state index in [1.165, 1.54) is 16.2 Å². The second-order valence-electron chi connectivity index (χ2n) is 7.65. The molecule has 7 heteroatoms. The molecule has 6 nitrogen and oxygen atoms in total. The van der Waals surface area contributed by atoms with Gasteiger partial charge in [0.1, 0.15) is 6.04 Å². The highest BCUT2D eigenvalue weighted by molar-refractivity contribution is 7.12. The number of thiophene rings is 1. The van der Waals surface area contributed by atoms with Crippen molar-refractivity contribution in [2.75, 3.05) is 22.9 Å². The first-order valence-electron chi connectivity index (χ1n) is 9.98. The van der Waals surface area contributed by atoms with Gasteiger partial charge in [0.15, 0.2) is 5.78 Å². The minimum atomic E-state index is -0.943. The summed E-state index contributed by atoms with van der Waals surface area (Å²) in [6.07, 6.45) is 0. The lowest BCUT2D eigenvalue weighted by Crippen LogP contribution is -2.49. The van der Waals surface area contributed by atoms with Crippen molar-refractivity contribution in [3.05, 3.63) is 81.5 Å². The van der Waals surface area contributed by atoms with E-state index < -0.39 is 6.04 Å². The quantitative estimate of drug-likeness (QED) is 0.638. The summed E-state index contributed by atoms with van der Waals surface area (Å²) in [5.74, 6) is -0.769. The largest absolute Gasteiger partial charge is 0.318 e. The van der Waals surface area contributed by atoms with E-state index >= 15 is 0 Å². The summed E-state index contributed by atoms with van der Waals surface area (Å²) in [6.45, 7) is 3.67. The summed E-state index contributed by atoms with van der Waals surface area (Å²) in [6, 6.07) is 15.4. The Morgan fingerprint density at radius 3 is 2.55 bits per heavy atom. The molecule has 0 radical (unpaired) electrons. The Bertz CT molecular complexity index is 1160. The lowest BCUT2D eigenvalue weighted by Gasteiger charge is -2.25. The van der Waals surface area contributed by atoms with Crippen molar-refractivity contribution < 1.29 is 14.4 Å². The molecule has 0 fully saturated rings.